The van der Waals surface area contributed by atoms with E-state index in [1.54, 1.807) is 5.57 Å². The lowest BCUT2D eigenvalue weighted by molar-refractivity contribution is 0.242. The highest BCUT2D eigenvalue weighted by Crippen LogP contribution is 2.22. The standard InChI is InChI=1S/C17H35NSi/c1-5-13-19(14-6-2)15-16(3)17(4)18-11-9-7-8-10-12-18/h17,19H,3,5-15H2,1-2,4H3. The molecule has 1 aliphatic heterocycles. The molecule has 19 heavy (non-hydrogen) atoms. The fourth-order valence-electron chi connectivity index (χ4n) is 3.45. The molecule has 0 aromatic carbocycles. The molecule has 1 atom stereocenters. The minimum absolute atomic E-state index is 0.539. The minimum atomic E-state index is -0.539. The van der Waals surface area contributed by atoms with Crippen LogP contribution in [0.5, 0.6) is 0 Å². The van der Waals surface area contributed by atoms with E-state index in [0.29, 0.717) is 6.04 Å². The first-order valence-corrected chi connectivity index (χ1v) is 11.1. The van der Waals surface area contributed by atoms with Crippen molar-refractivity contribution in [1.82, 2.24) is 4.90 Å². The van der Waals surface area contributed by atoms with Crippen molar-refractivity contribution in [1.29, 1.82) is 0 Å². The van der Waals surface area contributed by atoms with Gasteiger partial charge < -0.3 is 0 Å². The van der Waals surface area contributed by atoms with Crippen LogP contribution in [0, 0.1) is 0 Å². The van der Waals surface area contributed by atoms with E-state index in [9.17, 15) is 0 Å². The average Bonchev–Trinajstić information content (AvgIpc) is 2.67. The summed E-state index contributed by atoms with van der Waals surface area (Å²) in [5, 5.41) is 0. The third kappa shape index (κ3) is 6.27. The zero-order valence-corrected chi connectivity index (χ0v) is 14.7. The van der Waals surface area contributed by atoms with Crippen LogP contribution >= 0.6 is 0 Å². The summed E-state index contributed by atoms with van der Waals surface area (Å²) in [6.45, 7) is 14.1. The van der Waals surface area contributed by atoms with Gasteiger partial charge in [0.05, 0.1) is 0 Å². The lowest BCUT2D eigenvalue weighted by Crippen LogP contribution is -2.36. The van der Waals surface area contributed by atoms with Crippen molar-refractivity contribution < 1.29 is 0 Å². The fraction of sp³-hybridized carbons (Fsp3) is 0.882. The predicted octanol–water partition coefficient (Wildman–Crippen LogP) is 4.85. The van der Waals surface area contributed by atoms with Gasteiger partial charge in [-0.3, -0.25) is 4.90 Å². The van der Waals surface area contributed by atoms with E-state index >= 15 is 0 Å². The number of likely N-dealkylation sites (tertiary alicyclic amines) is 1. The van der Waals surface area contributed by atoms with E-state index in [4.69, 9.17) is 0 Å². The van der Waals surface area contributed by atoms with Gasteiger partial charge in [-0.15, -0.1) is 0 Å². The normalized spacial score (nSPS) is 19.4. The second-order valence-corrected chi connectivity index (χ2v) is 9.73. The third-order valence-corrected chi connectivity index (χ3v) is 8.61. The Morgan fingerprint density at radius 3 is 2.05 bits per heavy atom. The van der Waals surface area contributed by atoms with Crippen LogP contribution in [0.4, 0.5) is 0 Å². The first kappa shape index (κ1) is 17.0. The van der Waals surface area contributed by atoms with Crippen LogP contribution in [0.3, 0.4) is 0 Å². The molecule has 0 N–H and O–H groups in total. The highest BCUT2D eigenvalue weighted by molar-refractivity contribution is 6.59. The maximum absolute atomic E-state index is 4.46. The summed E-state index contributed by atoms with van der Waals surface area (Å²) < 4.78 is 0. The molecule has 0 radical (unpaired) electrons. The Hall–Kier alpha value is -0.0831. The van der Waals surface area contributed by atoms with E-state index in [-0.39, 0.29) is 0 Å². The van der Waals surface area contributed by atoms with Gasteiger partial charge in [0.1, 0.15) is 0 Å². The summed E-state index contributed by atoms with van der Waals surface area (Å²) in [5.41, 5.74) is 1.54. The van der Waals surface area contributed by atoms with Crippen molar-refractivity contribution in [2.24, 2.45) is 0 Å². The van der Waals surface area contributed by atoms with Crippen molar-refractivity contribution >= 4 is 8.80 Å². The van der Waals surface area contributed by atoms with Crippen LogP contribution < -0.4 is 0 Å². The second kappa shape index (κ2) is 9.76. The summed E-state index contributed by atoms with van der Waals surface area (Å²) in [7, 11) is -0.539. The Labute approximate surface area is 123 Å². The fourth-order valence-corrected chi connectivity index (χ4v) is 6.86. The molecule has 0 aliphatic carbocycles. The molecule has 2 heteroatoms. The molecule has 1 heterocycles. The number of hydrogen-bond donors (Lipinski definition) is 0. The summed E-state index contributed by atoms with van der Waals surface area (Å²) in [5.74, 6) is 0. The van der Waals surface area contributed by atoms with Crippen LogP contribution in [0.15, 0.2) is 12.2 Å². The molecule has 1 nitrogen and oxygen atoms in total. The van der Waals surface area contributed by atoms with E-state index in [1.165, 1.54) is 69.7 Å². The van der Waals surface area contributed by atoms with Crippen molar-refractivity contribution in [3.05, 3.63) is 12.2 Å². The first-order chi connectivity index (χ1) is 9.19. The van der Waals surface area contributed by atoms with Crippen LogP contribution in [0.1, 0.15) is 59.3 Å². The predicted molar refractivity (Wildman–Crippen MR) is 90.8 cm³/mol. The Kier molecular flexibility index (Phi) is 8.72. The number of rotatable bonds is 8. The van der Waals surface area contributed by atoms with Gasteiger partial charge in [0.15, 0.2) is 0 Å². The lowest BCUT2D eigenvalue weighted by atomic mass is 10.1. The van der Waals surface area contributed by atoms with E-state index < -0.39 is 8.80 Å². The molecule has 0 saturated carbocycles. The smallest absolute Gasteiger partial charge is 0.0409 e. The summed E-state index contributed by atoms with van der Waals surface area (Å²) in [4.78, 5) is 2.69. The van der Waals surface area contributed by atoms with Gasteiger partial charge in [-0.25, -0.2) is 0 Å². The van der Waals surface area contributed by atoms with Crippen LogP contribution in [-0.4, -0.2) is 32.8 Å². The van der Waals surface area contributed by atoms with Gasteiger partial charge in [-0.1, -0.05) is 63.8 Å². The zero-order chi connectivity index (χ0) is 14.1. The Morgan fingerprint density at radius 1 is 1.05 bits per heavy atom. The van der Waals surface area contributed by atoms with E-state index in [2.05, 4.69) is 32.3 Å². The summed E-state index contributed by atoms with van der Waals surface area (Å²) in [6.07, 6.45) is 8.40. The summed E-state index contributed by atoms with van der Waals surface area (Å²) >= 11 is 0. The average molecular weight is 282 g/mol. The zero-order valence-electron chi connectivity index (χ0n) is 13.6. The van der Waals surface area contributed by atoms with E-state index in [0.717, 1.165) is 0 Å². The van der Waals surface area contributed by atoms with Gasteiger partial charge >= 0.3 is 0 Å². The first-order valence-electron chi connectivity index (χ1n) is 8.60. The number of nitrogens with zero attached hydrogens (tertiary/aromatic N) is 1. The van der Waals surface area contributed by atoms with Gasteiger partial charge in [-0.2, -0.15) is 0 Å². The van der Waals surface area contributed by atoms with Gasteiger partial charge in [0.2, 0.25) is 0 Å². The Bertz CT molecular complexity index is 238. The molecule has 0 spiro atoms. The molecule has 1 unspecified atom stereocenters. The van der Waals surface area contributed by atoms with Crippen LogP contribution in [-0.2, 0) is 0 Å². The highest BCUT2D eigenvalue weighted by Gasteiger charge is 2.20. The van der Waals surface area contributed by atoms with Crippen molar-refractivity contribution in [2.45, 2.75) is 83.5 Å². The van der Waals surface area contributed by atoms with Crippen LogP contribution in [0.2, 0.25) is 18.1 Å². The van der Waals surface area contributed by atoms with E-state index in [1.807, 2.05) is 0 Å². The second-order valence-electron chi connectivity index (χ2n) is 6.43. The van der Waals surface area contributed by atoms with Crippen LogP contribution in [0.25, 0.3) is 0 Å². The maximum atomic E-state index is 4.46. The Balaban J connectivity index is 2.44. The third-order valence-electron chi connectivity index (χ3n) is 4.72. The lowest BCUT2D eigenvalue weighted by Gasteiger charge is -2.30. The van der Waals surface area contributed by atoms with Gasteiger partial charge in [-0.05, 0) is 38.9 Å². The number of hydrogen-bond acceptors (Lipinski definition) is 1. The molecule has 1 rings (SSSR count). The molecular weight excluding hydrogens is 246 g/mol. The van der Waals surface area contributed by atoms with Gasteiger partial charge in [0, 0.05) is 14.8 Å². The monoisotopic (exact) mass is 281 g/mol. The molecule has 0 aromatic rings. The molecule has 1 fully saturated rings. The molecule has 0 bridgehead atoms. The molecule has 0 amide bonds. The topological polar surface area (TPSA) is 3.24 Å². The minimum Gasteiger partial charge on any atom is -0.297 e. The largest absolute Gasteiger partial charge is 0.297 e. The summed E-state index contributed by atoms with van der Waals surface area (Å²) in [6, 6.07) is 5.04. The molecule has 112 valence electrons. The van der Waals surface area contributed by atoms with Gasteiger partial charge in [0.25, 0.3) is 0 Å². The van der Waals surface area contributed by atoms with Crippen molar-refractivity contribution in [3.63, 3.8) is 0 Å². The maximum Gasteiger partial charge on any atom is 0.0409 e. The highest BCUT2D eigenvalue weighted by atomic mass is 28.3. The molecule has 1 aliphatic rings. The molecule has 1 saturated heterocycles. The molecule has 0 aromatic heterocycles. The quantitative estimate of drug-likeness (QED) is 0.454. The molecular formula is C17H35NSi. The SMILES string of the molecule is C=C(C[SiH](CCC)CCC)C(C)N1CCCCCC1. The van der Waals surface area contributed by atoms with Crippen molar-refractivity contribution in [3.8, 4) is 0 Å². The van der Waals surface area contributed by atoms with Crippen molar-refractivity contribution in [2.75, 3.05) is 13.1 Å². The Morgan fingerprint density at radius 2 is 1.58 bits per heavy atom.